The summed E-state index contributed by atoms with van der Waals surface area (Å²) in [6.07, 6.45) is 8.81. The summed E-state index contributed by atoms with van der Waals surface area (Å²) >= 11 is 0. The van der Waals surface area contributed by atoms with Crippen LogP contribution in [-0.2, 0) is 23.9 Å². The summed E-state index contributed by atoms with van der Waals surface area (Å²) in [5.74, 6) is -0.683. The summed E-state index contributed by atoms with van der Waals surface area (Å²) in [5, 5.41) is 13.6. The predicted molar refractivity (Wildman–Crippen MR) is 126 cm³/mol. The number of likely N-dealkylation sites (tertiary alicyclic amines) is 1. The van der Waals surface area contributed by atoms with Gasteiger partial charge in [0.25, 0.3) is 0 Å². The average molecular weight is 478 g/mol. The van der Waals surface area contributed by atoms with Gasteiger partial charge in [-0.3, -0.25) is 24.1 Å². The summed E-state index contributed by atoms with van der Waals surface area (Å²) in [6, 6.07) is 0. The first-order chi connectivity index (χ1) is 16.2. The standard InChI is InChI=1S/C25H39N3O6/c1-19-17-24(31)27(25(19)32)12-8-4-7-11-23(30)26-13-15-28(33,16-14-26)21-9-5-3-6-10-22(18-21)34-20(2)29/h18-19,22H,3-17H2,1-2H3/b21-18+. The highest BCUT2D eigenvalue weighted by atomic mass is 16.6. The lowest BCUT2D eigenvalue weighted by molar-refractivity contribution is -0.848. The minimum atomic E-state index is -0.433. The Morgan fingerprint density at radius 1 is 1.12 bits per heavy atom. The first-order valence-corrected chi connectivity index (χ1v) is 12.8. The number of hydroxylamine groups is 3. The zero-order valence-electron chi connectivity index (χ0n) is 20.6. The van der Waals surface area contributed by atoms with Crippen molar-refractivity contribution in [1.29, 1.82) is 0 Å². The number of nitrogens with zero attached hydrogens (tertiary/aromatic N) is 3. The molecule has 2 heterocycles. The van der Waals surface area contributed by atoms with Gasteiger partial charge in [0.2, 0.25) is 17.7 Å². The van der Waals surface area contributed by atoms with Crippen molar-refractivity contribution in [2.75, 3.05) is 32.7 Å². The molecule has 0 spiro atoms. The molecule has 0 radical (unpaired) electrons. The normalized spacial score (nSPS) is 27.1. The molecule has 1 aliphatic carbocycles. The lowest BCUT2D eigenvalue weighted by atomic mass is 10.0. The van der Waals surface area contributed by atoms with Gasteiger partial charge in [0.15, 0.2) is 0 Å². The molecule has 9 heteroatoms. The third-order valence-corrected chi connectivity index (χ3v) is 7.20. The molecule has 0 saturated carbocycles. The summed E-state index contributed by atoms with van der Waals surface area (Å²) in [4.78, 5) is 51.0. The number of imide groups is 1. The van der Waals surface area contributed by atoms with Gasteiger partial charge in [-0.15, -0.1) is 0 Å². The van der Waals surface area contributed by atoms with Crippen LogP contribution in [0.4, 0.5) is 0 Å². The maximum atomic E-state index is 13.6. The molecule has 2 atom stereocenters. The number of rotatable bonds is 8. The highest BCUT2D eigenvalue weighted by molar-refractivity contribution is 6.03. The number of carbonyl (C=O) groups is 4. The number of piperazine rings is 1. The Kier molecular flexibility index (Phi) is 9.24. The van der Waals surface area contributed by atoms with Crippen molar-refractivity contribution < 1.29 is 28.6 Å². The molecule has 0 aromatic rings. The van der Waals surface area contributed by atoms with Gasteiger partial charge in [0.1, 0.15) is 24.9 Å². The highest BCUT2D eigenvalue weighted by Crippen LogP contribution is 2.29. The molecule has 0 aromatic heterocycles. The van der Waals surface area contributed by atoms with Crippen LogP contribution in [0.25, 0.3) is 0 Å². The Labute approximate surface area is 202 Å². The van der Waals surface area contributed by atoms with E-state index in [9.17, 15) is 24.4 Å². The molecule has 3 aliphatic rings. The average Bonchev–Trinajstić information content (AvgIpc) is 3.01. The molecule has 0 aromatic carbocycles. The van der Waals surface area contributed by atoms with Gasteiger partial charge in [-0.2, -0.15) is 0 Å². The van der Waals surface area contributed by atoms with Gasteiger partial charge in [0.05, 0.1) is 13.1 Å². The number of ether oxygens (including phenoxy) is 1. The van der Waals surface area contributed by atoms with Crippen LogP contribution in [0.2, 0.25) is 0 Å². The van der Waals surface area contributed by atoms with Crippen molar-refractivity contribution in [1.82, 2.24) is 9.80 Å². The topological polar surface area (TPSA) is 107 Å². The molecule has 2 unspecified atom stereocenters. The molecule has 9 nitrogen and oxygen atoms in total. The van der Waals surface area contributed by atoms with Gasteiger partial charge in [-0.1, -0.05) is 19.8 Å². The van der Waals surface area contributed by atoms with Crippen molar-refractivity contribution in [3.05, 3.63) is 17.0 Å². The van der Waals surface area contributed by atoms with E-state index in [2.05, 4.69) is 0 Å². The van der Waals surface area contributed by atoms with Gasteiger partial charge >= 0.3 is 5.97 Å². The Bertz CT molecular complexity index is 802. The number of hydrogen-bond donors (Lipinski definition) is 0. The second-order valence-electron chi connectivity index (χ2n) is 9.92. The molecule has 34 heavy (non-hydrogen) atoms. The molecule has 3 amide bonds. The second kappa shape index (κ2) is 11.9. The maximum Gasteiger partial charge on any atom is 0.303 e. The van der Waals surface area contributed by atoms with Crippen molar-refractivity contribution in [3.8, 4) is 0 Å². The number of quaternary nitrogens is 1. The maximum absolute atomic E-state index is 13.6. The fourth-order valence-corrected chi connectivity index (χ4v) is 5.14. The van der Waals surface area contributed by atoms with E-state index < -0.39 is 4.65 Å². The first-order valence-electron chi connectivity index (χ1n) is 12.8. The molecule has 2 fully saturated rings. The fraction of sp³-hybridized carbons (Fsp3) is 0.760. The summed E-state index contributed by atoms with van der Waals surface area (Å²) in [5.41, 5.74) is 0.776. The molecule has 190 valence electrons. The Morgan fingerprint density at radius 2 is 1.85 bits per heavy atom. The van der Waals surface area contributed by atoms with Crippen LogP contribution >= 0.6 is 0 Å². The molecule has 0 N–H and O–H groups in total. The molecule has 2 saturated heterocycles. The van der Waals surface area contributed by atoms with Crippen LogP contribution in [0.1, 0.15) is 78.1 Å². The largest absolute Gasteiger partial charge is 0.627 e. The number of carbonyl (C=O) groups excluding carboxylic acids is 4. The minimum Gasteiger partial charge on any atom is -0.627 e. The number of unbranched alkanes of at least 4 members (excludes halogenated alkanes) is 2. The minimum absolute atomic E-state index is 0.0534. The number of esters is 1. The van der Waals surface area contributed by atoms with Gasteiger partial charge in [0, 0.05) is 44.7 Å². The third kappa shape index (κ3) is 6.88. The van der Waals surface area contributed by atoms with Gasteiger partial charge < -0.3 is 19.5 Å². The zero-order chi connectivity index (χ0) is 24.7. The van der Waals surface area contributed by atoms with Crippen LogP contribution in [-0.4, -0.2) is 77.0 Å². The molecule has 2 aliphatic heterocycles. The lowest BCUT2D eigenvalue weighted by Crippen LogP contribution is -2.56. The van der Waals surface area contributed by atoms with Crippen molar-refractivity contribution in [2.24, 2.45) is 5.92 Å². The van der Waals surface area contributed by atoms with Crippen LogP contribution < -0.4 is 0 Å². The van der Waals surface area contributed by atoms with Crippen LogP contribution in [0, 0.1) is 11.1 Å². The summed E-state index contributed by atoms with van der Waals surface area (Å²) < 4.78 is 4.96. The Morgan fingerprint density at radius 3 is 2.50 bits per heavy atom. The van der Waals surface area contributed by atoms with E-state index in [0.29, 0.717) is 64.8 Å². The number of amides is 3. The molecule has 3 rings (SSSR count). The van der Waals surface area contributed by atoms with Crippen molar-refractivity contribution in [2.45, 2.75) is 84.2 Å². The zero-order valence-corrected chi connectivity index (χ0v) is 20.6. The van der Waals surface area contributed by atoms with Crippen molar-refractivity contribution >= 4 is 23.7 Å². The number of allylic oxidation sites excluding steroid dienone is 1. The van der Waals surface area contributed by atoms with Gasteiger partial charge in [-0.05, 0) is 32.1 Å². The second-order valence-corrected chi connectivity index (χ2v) is 9.92. The smallest absolute Gasteiger partial charge is 0.303 e. The summed E-state index contributed by atoms with van der Waals surface area (Å²) in [6.45, 7) is 5.09. The van der Waals surface area contributed by atoms with E-state index in [1.165, 1.54) is 11.8 Å². The molecule has 0 bridgehead atoms. The van der Waals surface area contributed by atoms with Crippen LogP contribution in [0.3, 0.4) is 0 Å². The van der Waals surface area contributed by atoms with Crippen LogP contribution in [0.5, 0.6) is 0 Å². The fourth-order valence-electron chi connectivity index (χ4n) is 5.14. The van der Waals surface area contributed by atoms with E-state index >= 15 is 0 Å². The predicted octanol–water partition coefficient (Wildman–Crippen LogP) is 2.88. The van der Waals surface area contributed by atoms with E-state index in [-0.39, 0.29) is 35.7 Å². The lowest BCUT2D eigenvalue weighted by Gasteiger charge is -2.49. The molecular weight excluding hydrogens is 438 g/mol. The number of hydrogen-bond acceptors (Lipinski definition) is 6. The van der Waals surface area contributed by atoms with Crippen molar-refractivity contribution in [3.63, 3.8) is 0 Å². The Hall–Kier alpha value is -2.26. The quantitative estimate of drug-likeness (QED) is 0.175. The highest BCUT2D eigenvalue weighted by Gasteiger charge is 2.35. The summed E-state index contributed by atoms with van der Waals surface area (Å²) in [7, 11) is 0. The van der Waals surface area contributed by atoms with Gasteiger partial charge in [-0.25, -0.2) is 0 Å². The SMILES string of the molecule is CC(=O)OC1/C=C(/[N+]2([O-])CCN(C(=O)CCCCCN3C(=O)CC(C)C3=O)CC2)CCCCC1. The monoisotopic (exact) mass is 477 g/mol. The van der Waals surface area contributed by atoms with E-state index in [1.54, 1.807) is 11.8 Å². The van der Waals surface area contributed by atoms with E-state index in [4.69, 9.17) is 4.74 Å². The molecular formula is C25H39N3O6. The first kappa shape index (κ1) is 26.3. The third-order valence-electron chi connectivity index (χ3n) is 7.20. The van der Waals surface area contributed by atoms with E-state index in [0.717, 1.165) is 37.8 Å². The van der Waals surface area contributed by atoms with Crippen LogP contribution in [0.15, 0.2) is 11.8 Å². The Balaban J connectivity index is 1.42. The van der Waals surface area contributed by atoms with E-state index in [1.807, 2.05) is 6.08 Å².